The van der Waals surface area contributed by atoms with Gasteiger partial charge in [-0.25, -0.2) is 0 Å². The normalized spacial score (nSPS) is 8.73. The standard InChI is InChI=1S/C9H5BrO/c1-2-9(11)7-5-3-4-6-8(7)10/h1,3-6H. The zero-order valence-corrected chi connectivity index (χ0v) is 7.26. The molecule has 0 saturated heterocycles. The van der Waals surface area contributed by atoms with Gasteiger partial charge < -0.3 is 0 Å². The highest BCUT2D eigenvalue weighted by Crippen LogP contribution is 2.15. The number of carbonyl (C=O) groups is 1. The molecule has 0 aliphatic heterocycles. The lowest BCUT2D eigenvalue weighted by Crippen LogP contribution is -1.94. The van der Waals surface area contributed by atoms with Gasteiger partial charge in [-0.15, -0.1) is 6.42 Å². The van der Waals surface area contributed by atoms with E-state index in [1.165, 1.54) is 0 Å². The van der Waals surface area contributed by atoms with Gasteiger partial charge in [0.2, 0.25) is 5.78 Å². The maximum Gasteiger partial charge on any atom is 0.236 e. The van der Waals surface area contributed by atoms with Gasteiger partial charge in [-0.05, 0) is 18.1 Å². The number of Topliss-reactive ketones (excluding diaryl/α,β-unsaturated/α-hetero) is 1. The molecular weight excluding hydrogens is 204 g/mol. The Morgan fingerprint density at radius 3 is 2.64 bits per heavy atom. The second kappa shape index (κ2) is 3.36. The lowest BCUT2D eigenvalue weighted by molar-refractivity contribution is 0.105. The highest BCUT2D eigenvalue weighted by molar-refractivity contribution is 9.10. The number of hydrogen-bond acceptors (Lipinski definition) is 1. The van der Waals surface area contributed by atoms with Crippen LogP contribution in [0.25, 0.3) is 0 Å². The molecule has 54 valence electrons. The van der Waals surface area contributed by atoms with E-state index in [4.69, 9.17) is 6.42 Å². The van der Waals surface area contributed by atoms with E-state index < -0.39 is 0 Å². The van der Waals surface area contributed by atoms with Crippen molar-refractivity contribution in [1.82, 2.24) is 0 Å². The minimum absolute atomic E-state index is 0.294. The molecule has 1 nitrogen and oxygen atoms in total. The maximum atomic E-state index is 11.0. The molecule has 0 radical (unpaired) electrons. The van der Waals surface area contributed by atoms with E-state index in [9.17, 15) is 4.79 Å². The molecular formula is C9H5BrO. The fourth-order valence-corrected chi connectivity index (χ4v) is 1.19. The molecule has 0 atom stereocenters. The Morgan fingerprint density at radius 2 is 2.09 bits per heavy atom. The molecule has 0 spiro atoms. The first-order chi connectivity index (χ1) is 5.25. The van der Waals surface area contributed by atoms with Crippen molar-refractivity contribution in [3.05, 3.63) is 34.3 Å². The fourth-order valence-electron chi connectivity index (χ4n) is 0.723. The molecule has 0 heterocycles. The van der Waals surface area contributed by atoms with Crippen molar-refractivity contribution in [3.63, 3.8) is 0 Å². The molecule has 0 unspecified atom stereocenters. The average molecular weight is 209 g/mol. The first-order valence-electron chi connectivity index (χ1n) is 3.01. The van der Waals surface area contributed by atoms with E-state index in [2.05, 4.69) is 21.9 Å². The fraction of sp³-hybridized carbons (Fsp3) is 0. The molecule has 0 saturated carbocycles. The van der Waals surface area contributed by atoms with Crippen LogP contribution in [0.15, 0.2) is 28.7 Å². The highest BCUT2D eigenvalue weighted by Gasteiger charge is 2.04. The molecule has 0 bridgehead atoms. The van der Waals surface area contributed by atoms with Gasteiger partial charge in [-0.3, -0.25) is 4.79 Å². The van der Waals surface area contributed by atoms with Crippen molar-refractivity contribution in [2.24, 2.45) is 0 Å². The van der Waals surface area contributed by atoms with Crippen LogP contribution in [-0.2, 0) is 0 Å². The van der Waals surface area contributed by atoms with Crippen molar-refractivity contribution < 1.29 is 4.79 Å². The Kier molecular flexibility index (Phi) is 2.45. The molecule has 0 aliphatic carbocycles. The summed E-state index contributed by atoms with van der Waals surface area (Å²) < 4.78 is 0.739. The third-order valence-corrected chi connectivity index (χ3v) is 1.94. The Hall–Kier alpha value is -1.07. The second-order valence-electron chi connectivity index (χ2n) is 1.95. The van der Waals surface area contributed by atoms with E-state index in [0.29, 0.717) is 5.56 Å². The Labute approximate surface area is 73.6 Å². The van der Waals surface area contributed by atoms with Gasteiger partial charge in [-0.1, -0.05) is 28.1 Å². The van der Waals surface area contributed by atoms with Gasteiger partial charge in [0.1, 0.15) is 0 Å². The third kappa shape index (κ3) is 1.69. The van der Waals surface area contributed by atoms with Crippen LogP contribution in [0.2, 0.25) is 0 Å². The smallest absolute Gasteiger partial charge is 0.236 e. The number of carbonyl (C=O) groups excluding carboxylic acids is 1. The van der Waals surface area contributed by atoms with E-state index in [-0.39, 0.29) is 5.78 Å². The first-order valence-corrected chi connectivity index (χ1v) is 3.80. The van der Waals surface area contributed by atoms with E-state index in [1.54, 1.807) is 18.2 Å². The van der Waals surface area contributed by atoms with Crippen molar-refractivity contribution in [2.45, 2.75) is 0 Å². The average Bonchev–Trinajstić information content (AvgIpc) is 2.04. The quantitative estimate of drug-likeness (QED) is 0.394. The molecule has 0 fully saturated rings. The molecule has 11 heavy (non-hydrogen) atoms. The van der Waals surface area contributed by atoms with Crippen LogP contribution in [0.1, 0.15) is 10.4 Å². The van der Waals surface area contributed by atoms with Gasteiger partial charge in [0.05, 0.1) is 0 Å². The number of hydrogen-bond donors (Lipinski definition) is 0. The summed E-state index contributed by atoms with van der Waals surface area (Å²) in [6, 6.07) is 7.07. The molecule has 1 rings (SSSR count). The largest absolute Gasteiger partial charge is 0.279 e. The minimum Gasteiger partial charge on any atom is -0.279 e. The predicted octanol–water partition coefficient (Wildman–Crippen LogP) is 2.27. The molecule has 0 N–H and O–H groups in total. The summed E-state index contributed by atoms with van der Waals surface area (Å²) in [5, 5.41) is 0. The van der Waals surface area contributed by atoms with Gasteiger partial charge in [0.15, 0.2) is 0 Å². The van der Waals surface area contributed by atoms with Crippen LogP contribution in [-0.4, -0.2) is 5.78 Å². The lowest BCUT2D eigenvalue weighted by Gasteiger charge is -1.95. The van der Waals surface area contributed by atoms with Gasteiger partial charge >= 0.3 is 0 Å². The van der Waals surface area contributed by atoms with Crippen LogP contribution < -0.4 is 0 Å². The van der Waals surface area contributed by atoms with Crippen molar-refractivity contribution in [2.75, 3.05) is 0 Å². The van der Waals surface area contributed by atoms with Crippen molar-refractivity contribution in [1.29, 1.82) is 0 Å². The monoisotopic (exact) mass is 208 g/mol. The number of benzene rings is 1. The van der Waals surface area contributed by atoms with Crippen LogP contribution in [0.3, 0.4) is 0 Å². The third-order valence-electron chi connectivity index (χ3n) is 1.25. The highest BCUT2D eigenvalue weighted by atomic mass is 79.9. The Balaban J connectivity index is 3.16. The summed E-state index contributed by atoms with van der Waals surface area (Å²) in [6.07, 6.45) is 4.95. The SMILES string of the molecule is C#CC(=O)c1ccccc1Br. The summed E-state index contributed by atoms with van der Waals surface area (Å²) in [6.45, 7) is 0. The van der Waals surface area contributed by atoms with Crippen LogP contribution in [0, 0.1) is 12.3 Å². The minimum atomic E-state index is -0.294. The summed E-state index contributed by atoms with van der Waals surface area (Å²) >= 11 is 3.22. The summed E-state index contributed by atoms with van der Waals surface area (Å²) in [5.74, 6) is 1.76. The molecule has 1 aromatic rings. The van der Waals surface area contributed by atoms with Crippen LogP contribution in [0.4, 0.5) is 0 Å². The number of halogens is 1. The maximum absolute atomic E-state index is 11.0. The number of ketones is 1. The number of rotatable bonds is 1. The van der Waals surface area contributed by atoms with E-state index in [1.807, 2.05) is 6.07 Å². The Morgan fingerprint density at radius 1 is 1.45 bits per heavy atom. The van der Waals surface area contributed by atoms with Crippen molar-refractivity contribution >= 4 is 21.7 Å². The molecule has 0 aromatic heterocycles. The van der Waals surface area contributed by atoms with Gasteiger partial charge in [0, 0.05) is 10.0 Å². The first kappa shape index (κ1) is 8.03. The van der Waals surface area contributed by atoms with Gasteiger partial charge in [0.25, 0.3) is 0 Å². The summed E-state index contributed by atoms with van der Waals surface area (Å²) in [5.41, 5.74) is 0.537. The van der Waals surface area contributed by atoms with E-state index in [0.717, 1.165) is 4.47 Å². The van der Waals surface area contributed by atoms with Crippen molar-refractivity contribution in [3.8, 4) is 12.3 Å². The number of terminal acetylenes is 1. The van der Waals surface area contributed by atoms with E-state index >= 15 is 0 Å². The molecule has 1 aromatic carbocycles. The summed E-state index contributed by atoms with van der Waals surface area (Å²) in [7, 11) is 0. The summed E-state index contributed by atoms with van der Waals surface area (Å²) in [4.78, 5) is 11.0. The zero-order valence-electron chi connectivity index (χ0n) is 5.67. The molecule has 0 aliphatic rings. The molecule has 2 heteroatoms. The predicted molar refractivity (Wildman–Crippen MR) is 47.3 cm³/mol. The van der Waals surface area contributed by atoms with Crippen LogP contribution in [0.5, 0.6) is 0 Å². The Bertz CT molecular complexity index is 323. The molecule has 0 amide bonds. The second-order valence-corrected chi connectivity index (χ2v) is 2.81. The lowest BCUT2D eigenvalue weighted by atomic mass is 10.1. The topological polar surface area (TPSA) is 17.1 Å². The van der Waals surface area contributed by atoms with Crippen LogP contribution >= 0.6 is 15.9 Å². The zero-order chi connectivity index (χ0) is 8.27. The van der Waals surface area contributed by atoms with Gasteiger partial charge in [-0.2, -0.15) is 0 Å².